The van der Waals surface area contributed by atoms with Crippen LogP contribution in [0, 0.1) is 11.3 Å². The van der Waals surface area contributed by atoms with Gasteiger partial charge in [0.15, 0.2) is 5.78 Å². The van der Waals surface area contributed by atoms with E-state index in [-0.39, 0.29) is 24.8 Å². The van der Waals surface area contributed by atoms with Gasteiger partial charge in [-0.05, 0) is 30.5 Å². The van der Waals surface area contributed by atoms with Crippen molar-refractivity contribution in [3.05, 3.63) is 29.3 Å². The molecule has 1 heterocycles. The molecule has 0 aromatic heterocycles. The van der Waals surface area contributed by atoms with Gasteiger partial charge < -0.3 is 19.5 Å². The van der Waals surface area contributed by atoms with Crippen LogP contribution in [0.3, 0.4) is 0 Å². The second-order valence-electron chi connectivity index (χ2n) is 5.55. The van der Waals surface area contributed by atoms with Gasteiger partial charge in [0, 0.05) is 25.8 Å². The molecule has 0 spiro atoms. The summed E-state index contributed by atoms with van der Waals surface area (Å²) in [7, 11) is 1.44. The molecule has 1 aromatic rings. The van der Waals surface area contributed by atoms with Crippen molar-refractivity contribution in [1.82, 2.24) is 4.90 Å². The third kappa shape index (κ3) is 4.24. The number of nitrogens with zero attached hydrogens (tertiary/aromatic N) is 2. The number of hydrogen-bond donors (Lipinski definition) is 1. The molecule has 2 rings (SSSR count). The lowest BCUT2D eigenvalue weighted by Crippen LogP contribution is -2.42. The molecule has 7 nitrogen and oxygen atoms in total. The van der Waals surface area contributed by atoms with Crippen molar-refractivity contribution in [3.8, 4) is 11.8 Å². The van der Waals surface area contributed by atoms with Gasteiger partial charge >= 0.3 is 6.09 Å². The summed E-state index contributed by atoms with van der Waals surface area (Å²) in [5.41, 5.74) is 1.06. The Morgan fingerprint density at radius 1 is 1.42 bits per heavy atom. The number of ether oxygens (including phenoxy) is 2. The van der Waals surface area contributed by atoms with Crippen LogP contribution in [-0.2, 0) is 11.3 Å². The Balaban J connectivity index is 2.19. The summed E-state index contributed by atoms with van der Waals surface area (Å²) in [6.07, 6.45) is 0.133. The van der Waals surface area contributed by atoms with Gasteiger partial charge in [-0.3, -0.25) is 4.79 Å². The van der Waals surface area contributed by atoms with Gasteiger partial charge in [0.1, 0.15) is 5.75 Å². The van der Waals surface area contributed by atoms with Crippen LogP contribution in [0.4, 0.5) is 4.79 Å². The molecular weight excluding hydrogens is 312 g/mol. The number of Topliss-reactive ketones (excluding diaryl/α,β-unsaturated/α-hetero) is 1. The van der Waals surface area contributed by atoms with Crippen molar-refractivity contribution in [1.29, 1.82) is 5.26 Å². The number of hydrogen-bond acceptors (Lipinski definition) is 5. The van der Waals surface area contributed by atoms with Crippen molar-refractivity contribution in [2.75, 3.05) is 20.3 Å². The van der Waals surface area contributed by atoms with Crippen molar-refractivity contribution in [2.45, 2.75) is 31.8 Å². The van der Waals surface area contributed by atoms with Gasteiger partial charge in [0.2, 0.25) is 0 Å². The second kappa shape index (κ2) is 8.31. The maximum Gasteiger partial charge on any atom is 0.407 e. The Labute approximate surface area is 140 Å². The van der Waals surface area contributed by atoms with E-state index in [1.54, 1.807) is 18.2 Å². The Morgan fingerprint density at radius 3 is 2.71 bits per heavy atom. The number of amides is 1. The van der Waals surface area contributed by atoms with Gasteiger partial charge in [-0.2, -0.15) is 5.26 Å². The lowest BCUT2D eigenvalue weighted by atomic mass is 10.0. The number of rotatable bonds is 6. The minimum absolute atomic E-state index is 0.0813. The molecule has 1 amide bonds. The minimum atomic E-state index is -0.981. The molecule has 1 aromatic carbocycles. The summed E-state index contributed by atoms with van der Waals surface area (Å²) in [4.78, 5) is 24.9. The fourth-order valence-electron chi connectivity index (χ4n) is 2.78. The fourth-order valence-corrected chi connectivity index (χ4v) is 2.78. The molecule has 0 aliphatic carbocycles. The summed E-state index contributed by atoms with van der Waals surface area (Å²) < 4.78 is 10.5. The van der Waals surface area contributed by atoms with Crippen LogP contribution in [-0.4, -0.2) is 48.2 Å². The van der Waals surface area contributed by atoms with Crippen molar-refractivity contribution in [3.63, 3.8) is 0 Å². The molecule has 7 heteroatoms. The quantitative estimate of drug-likeness (QED) is 0.803. The summed E-state index contributed by atoms with van der Waals surface area (Å²) in [5.74, 6) is 0.0329. The van der Waals surface area contributed by atoms with Crippen LogP contribution in [0.25, 0.3) is 0 Å². The number of methoxy groups -OCH3 is 1. The highest BCUT2D eigenvalue weighted by atomic mass is 16.5. The highest BCUT2D eigenvalue weighted by molar-refractivity contribution is 5.99. The molecule has 1 saturated heterocycles. The number of carbonyl (C=O) groups is 2. The van der Waals surface area contributed by atoms with Crippen LogP contribution in [0.5, 0.6) is 5.75 Å². The number of carboxylic acid groups (broad SMARTS) is 1. The first-order valence-electron chi connectivity index (χ1n) is 7.71. The van der Waals surface area contributed by atoms with Gasteiger partial charge in [-0.25, -0.2) is 4.79 Å². The van der Waals surface area contributed by atoms with Gasteiger partial charge in [-0.1, -0.05) is 6.07 Å². The topological polar surface area (TPSA) is 99.9 Å². The lowest BCUT2D eigenvalue weighted by molar-refractivity contribution is 0.0331. The Kier molecular flexibility index (Phi) is 6.15. The van der Waals surface area contributed by atoms with E-state index in [0.29, 0.717) is 37.4 Å². The first-order valence-corrected chi connectivity index (χ1v) is 7.71. The molecule has 1 aliphatic rings. The van der Waals surface area contributed by atoms with Crippen molar-refractivity contribution in [2.24, 2.45) is 0 Å². The third-order valence-corrected chi connectivity index (χ3v) is 4.04. The normalized spacial score (nSPS) is 14.7. The van der Waals surface area contributed by atoms with Crippen LogP contribution >= 0.6 is 0 Å². The highest BCUT2D eigenvalue weighted by Gasteiger charge is 2.26. The van der Waals surface area contributed by atoms with E-state index in [9.17, 15) is 14.7 Å². The fraction of sp³-hybridized carbons (Fsp3) is 0.471. The first-order chi connectivity index (χ1) is 11.6. The lowest BCUT2D eigenvalue weighted by Gasteiger charge is -2.32. The van der Waals surface area contributed by atoms with E-state index < -0.39 is 6.09 Å². The van der Waals surface area contributed by atoms with Crippen LogP contribution < -0.4 is 4.74 Å². The third-order valence-electron chi connectivity index (χ3n) is 4.04. The molecule has 24 heavy (non-hydrogen) atoms. The average Bonchev–Trinajstić information content (AvgIpc) is 2.60. The molecule has 0 radical (unpaired) electrons. The predicted molar refractivity (Wildman–Crippen MR) is 85.0 cm³/mol. The highest BCUT2D eigenvalue weighted by Crippen LogP contribution is 2.24. The maximum absolute atomic E-state index is 11.9. The molecule has 128 valence electrons. The Hall–Kier alpha value is -2.59. The van der Waals surface area contributed by atoms with E-state index in [1.165, 1.54) is 12.0 Å². The van der Waals surface area contributed by atoms with Crippen molar-refractivity contribution >= 4 is 11.9 Å². The Morgan fingerprint density at radius 2 is 2.12 bits per heavy atom. The molecule has 1 aliphatic heterocycles. The van der Waals surface area contributed by atoms with E-state index in [4.69, 9.17) is 14.7 Å². The van der Waals surface area contributed by atoms with Crippen LogP contribution in [0.2, 0.25) is 0 Å². The van der Waals surface area contributed by atoms with E-state index in [0.717, 1.165) is 5.56 Å². The number of nitriles is 1. The Bertz CT molecular complexity index is 647. The smallest absolute Gasteiger partial charge is 0.407 e. The van der Waals surface area contributed by atoms with Crippen molar-refractivity contribution < 1.29 is 24.2 Å². The summed E-state index contributed by atoms with van der Waals surface area (Å²) in [6.45, 7) is 1.32. The zero-order chi connectivity index (χ0) is 17.5. The molecule has 0 saturated carbocycles. The number of ketones is 1. The van der Waals surface area contributed by atoms with E-state index in [1.807, 2.05) is 6.07 Å². The SMILES string of the molecule is COc1cc(CN(C(=O)O)C2CCOCC2)ccc1C(=O)CC#N. The first kappa shape index (κ1) is 17.8. The summed E-state index contributed by atoms with van der Waals surface area (Å²) in [6, 6.07) is 6.67. The second-order valence-corrected chi connectivity index (χ2v) is 5.55. The molecule has 0 bridgehead atoms. The molecule has 0 unspecified atom stereocenters. The zero-order valence-electron chi connectivity index (χ0n) is 13.5. The molecule has 1 fully saturated rings. The predicted octanol–water partition coefficient (Wildman–Crippen LogP) is 2.45. The van der Waals surface area contributed by atoms with Gasteiger partial charge in [0.25, 0.3) is 0 Å². The van der Waals surface area contributed by atoms with Crippen LogP contribution in [0.1, 0.15) is 35.2 Å². The van der Waals surface area contributed by atoms with Gasteiger partial charge in [-0.15, -0.1) is 0 Å². The maximum atomic E-state index is 11.9. The number of benzene rings is 1. The molecular formula is C17H20N2O5. The van der Waals surface area contributed by atoms with Crippen LogP contribution in [0.15, 0.2) is 18.2 Å². The molecule has 0 atom stereocenters. The average molecular weight is 332 g/mol. The van der Waals surface area contributed by atoms with E-state index >= 15 is 0 Å². The zero-order valence-corrected chi connectivity index (χ0v) is 13.5. The standard InChI is InChI=1S/C17H20N2O5/c1-23-16-10-12(2-3-14(16)15(20)4-7-18)11-19(17(21)22)13-5-8-24-9-6-13/h2-3,10,13H,4-6,8-9,11H2,1H3,(H,21,22). The van der Waals surface area contributed by atoms with E-state index in [2.05, 4.69) is 0 Å². The van der Waals surface area contributed by atoms with Gasteiger partial charge in [0.05, 0.1) is 25.2 Å². The monoisotopic (exact) mass is 332 g/mol. The summed E-state index contributed by atoms with van der Waals surface area (Å²) >= 11 is 0. The minimum Gasteiger partial charge on any atom is -0.496 e. The summed E-state index contributed by atoms with van der Waals surface area (Å²) in [5, 5.41) is 18.1. The number of carbonyl (C=O) groups excluding carboxylic acids is 1. The molecule has 1 N–H and O–H groups in total. The largest absolute Gasteiger partial charge is 0.496 e.